The van der Waals surface area contributed by atoms with E-state index in [1.165, 1.54) is 0 Å². The Labute approximate surface area is 192 Å². The molecule has 3 heterocycles. The lowest BCUT2D eigenvalue weighted by Gasteiger charge is -2.48. The topological polar surface area (TPSA) is 269 Å². The molecule has 0 aromatic rings. The van der Waals surface area contributed by atoms with E-state index < -0.39 is 112 Å². The van der Waals surface area contributed by atoms with E-state index in [1.54, 1.807) is 0 Å². The molecule has 3 aliphatic heterocycles. The van der Waals surface area contributed by atoms with Crippen molar-refractivity contribution in [3.8, 4) is 0 Å². The Balaban J connectivity index is 1.83. The zero-order valence-electron chi connectivity index (χ0n) is 17.7. The molecule has 0 aliphatic carbocycles. The van der Waals surface area contributed by atoms with Crippen molar-refractivity contribution in [2.75, 3.05) is 19.8 Å². The summed E-state index contributed by atoms with van der Waals surface area (Å²) >= 11 is 0. The molecule has 3 fully saturated rings. The molecule has 0 unspecified atom stereocenters. The second-order valence-electron chi connectivity index (χ2n) is 8.33. The first-order valence-corrected chi connectivity index (χ1v) is 10.6. The molecular formula is C18H32O16. The fraction of sp³-hybridized carbons (Fsp3) is 1.00. The Morgan fingerprint density at radius 1 is 0.441 bits per heavy atom. The van der Waals surface area contributed by atoms with Gasteiger partial charge in [-0.15, -0.1) is 0 Å². The van der Waals surface area contributed by atoms with Gasteiger partial charge in [-0.05, 0) is 0 Å². The van der Waals surface area contributed by atoms with Crippen molar-refractivity contribution in [1.29, 1.82) is 0 Å². The smallest absolute Gasteiger partial charge is 0.187 e. The third-order valence-electron chi connectivity index (χ3n) is 6.10. The van der Waals surface area contributed by atoms with E-state index in [9.17, 15) is 56.2 Å². The first-order valence-electron chi connectivity index (χ1n) is 10.6. The van der Waals surface area contributed by atoms with Crippen LogP contribution in [0.4, 0.5) is 0 Å². The lowest BCUT2D eigenvalue weighted by molar-refractivity contribution is -0.387. The van der Waals surface area contributed by atoms with Gasteiger partial charge in [0.05, 0.1) is 19.8 Å². The minimum Gasteiger partial charge on any atom is -0.394 e. The summed E-state index contributed by atoms with van der Waals surface area (Å²) in [6, 6.07) is 0. The molecule has 0 bridgehead atoms. The lowest BCUT2D eigenvalue weighted by Crippen LogP contribution is -2.67. The molecular weight excluding hydrogens is 472 g/mol. The van der Waals surface area contributed by atoms with Crippen molar-refractivity contribution in [2.24, 2.45) is 0 Å². The molecule has 0 spiro atoms. The van der Waals surface area contributed by atoms with E-state index >= 15 is 0 Å². The molecule has 3 saturated heterocycles. The summed E-state index contributed by atoms with van der Waals surface area (Å²) in [6.45, 7) is -2.33. The fourth-order valence-electron chi connectivity index (χ4n) is 4.03. The van der Waals surface area contributed by atoms with Gasteiger partial charge in [-0.3, -0.25) is 0 Å². The van der Waals surface area contributed by atoms with E-state index in [1.807, 2.05) is 0 Å². The normalized spacial score (nSPS) is 52.5. The second kappa shape index (κ2) is 11.6. The van der Waals surface area contributed by atoms with Gasteiger partial charge in [0.25, 0.3) is 0 Å². The monoisotopic (exact) mass is 504 g/mol. The number of hydrogen-bond donors (Lipinski definition) is 11. The Hall–Kier alpha value is -0.640. The van der Waals surface area contributed by atoms with Crippen LogP contribution in [0, 0.1) is 0 Å². The highest BCUT2D eigenvalue weighted by atomic mass is 16.8. The Morgan fingerprint density at radius 3 is 1.24 bits per heavy atom. The average molecular weight is 504 g/mol. The summed E-state index contributed by atoms with van der Waals surface area (Å²) in [7, 11) is 0. The molecule has 0 aromatic carbocycles. The van der Waals surface area contributed by atoms with Crippen molar-refractivity contribution in [3.05, 3.63) is 0 Å². The summed E-state index contributed by atoms with van der Waals surface area (Å²) in [5.41, 5.74) is 0. The summed E-state index contributed by atoms with van der Waals surface area (Å²) in [4.78, 5) is 0. The zero-order chi connectivity index (χ0) is 25.3. The zero-order valence-corrected chi connectivity index (χ0v) is 17.7. The number of rotatable bonds is 7. The highest BCUT2D eigenvalue weighted by Crippen LogP contribution is 2.32. The van der Waals surface area contributed by atoms with Crippen molar-refractivity contribution in [2.45, 2.75) is 92.1 Å². The van der Waals surface area contributed by atoms with Gasteiger partial charge in [0, 0.05) is 0 Å². The fourth-order valence-corrected chi connectivity index (χ4v) is 4.03. The van der Waals surface area contributed by atoms with Crippen LogP contribution in [0.2, 0.25) is 0 Å². The van der Waals surface area contributed by atoms with E-state index in [2.05, 4.69) is 0 Å². The van der Waals surface area contributed by atoms with Crippen LogP contribution in [0.1, 0.15) is 0 Å². The Morgan fingerprint density at radius 2 is 0.824 bits per heavy atom. The summed E-state index contributed by atoms with van der Waals surface area (Å²) < 4.78 is 26.5. The molecule has 16 nitrogen and oxygen atoms in total. The number of ether oxygens (including phenoxy) is 5. The third-order valence-corrected chi connectivity index (χ3v) is 6.10. The van der Waals surface area contributed by atoms with E-state index in [0.717, 1.165) is 0 Å². The summed E-state index contributed by atoms with van der Waals surface area (Å²) in [5.74, 6) is 0. The van der Waals surface area contributed by atoms with Gasteiger partial charge in [0.2, 0.25) is 0 Å². The van der Waals surface area contributed by atoms with Crippen LogP contribution in [-0.2, 0) is 23.7 Å². The molecule has 15 atom stereocenters. The van der Waals surface area contributed by atoms with Gasteiger partial charge in [-0.2, -0.15) is 0 Å². The Kier molecular flexibility index (Phi) is 9.54. The van der Waals surface area contributed by atoms with Gasteiger partial charge in [0.1, 0.15) is 73.2 Å². The van der Waals surface area contributed by atoms with Crippen molar-refractivity contribution >= 4 is 0 Å². The van der Waals surface area contributed by atoms with E-state index in [0.29, 0.717) is 0 Å². The minimum atomic E-state index is -1.94. The maximum Gasteiger partial charge on any atom is 0.187 e. The van der Waals surface area contributed by atoms with Crippen LogP contribution in [0.5, 0.6) is 0 Å². The maximum atomic E-state index is 10.6. The number of aliphatic hydroxyl groups excluding tert-OH is 11. The van der Waals surface area contributed by atoms with Gasteiger partial charge in [-0.25, -0.2) is 0 Å². The summed E-state index contributed by atoms with van der Waals surface area (Å²) in [6.07, 6.45) is -25.6. The predicted octanol–water partition coefficient (Wildman–Crippen LogP) is -7.57. The van der Waals surface area contributed by atoms with Gasteiger partial charge in [0.15, 0.2) is 18.9 Å². The molecule has 11 N–H and O–H groups in total. The molecule has 0 aromatic heterocycles. The molecule has 0 saturated carbocycles. The number of aliphatic hydroxyl groups is 11. The first-order chi connectivity index (χ1) is 16.0. The van der Waals surface area contributed by atoms with Gasteiger partial charge >= 0.3 is 0 Å². The first kappa shape index (κ1) is 27.9. The number of hydrogen-bond acceptors (Lipinski definition) is 16. The van der Waals surface area contributed by atoms with Crippen molar-refractivity contribution in [1.82, 2.24) is 0 Å². The Bertz CT molecular complexity index is 637. The molecule has 16 heteroatoms. The molecule has 0 radical (unpaired) electrons. The van der Waals surface area contributed by atoms with Crippen LogP contribution in [-0.4, -0.2) is 168 Å². The summed E-state index contributed by atoms with van der Waals surface area (Å²) in [5, 5.41) is 109. The van der Waals surface area contributed by atoms with Crippen molar-refractivity contribution < 1.29 is 79.9 Å². The van der Waals surface area contributed by atoms with Crippen LogP contribution in [0.25, 0.3) is 0 Å². The second-order valence-corrected chi connectivity index (χ2v) is 8.33. The van der Waals surface area contributed by atoms with Gasteiger partial charge < -0.3 is 79.9 Å². The van der Waals surface area contributed by atoms with Crippen molar-refractivity contribution in [3.63, 3.8) is 0 Å². The van der Waals surface area contributed by atoms with Crippen LogP contribution >= 0.6 is 0 Å². The standard InChI is InChI=1S/C18H32O16/c19-1-4-7(22)10(25)12(27)17(31-4)33-14-9(24)6(3-21)30-16(29)15(14)34-18-13(28)11(26)8(23)5(2-20)32-18/h4-29H,1-3H2/t4-,5-,6-,7-,8-,9+,10+,11+,12-,13-,14+,15-,16-,17-,18-/m1/s1. The third kappa shape index (κ3) is 5.37. The predicted molar refractivity (Wildman–Crippen MR) is 101 cm³/mol. The minimum absolute atomic E-state index is 0.769. The quantitative estimate of drug-likeness (QED) is 0.154. The van der Waals surface area contributed by atoms with Crippen LogP contribution in [0.15, 0.2) is 0 Å². The van der Waals surface area contributed by atoms with Gasteiger partial charge in [-0.1, -0.05) is 0 Å². The van der Waals surface area contributed by atoms with Crippen LogP contribution in [0.3, 0.4) is 0 Å². The molecule has 34 heavy (non-hydrogen) atoms. The molecule has 0 amide bonds. The van der Waals surface area contributed by atoms with E-state index in [-0.39, 0.29) is 0 Å². The SMILES string of the molecule is OC[C@H]1O[C@@H](O)[C@H](O[C@H]2O[C@H](CO)[C@@H](O)[C@H](O)[C@H]2O)[C@@H](O[C@H]2O[C@H](CO)[C@@H](O)[C@H](O)[C@H]2O)[C@H]1O. The van der Waals surface area contributed by atoms with Crippen LogP contribution < -0.4 is 0 Å². The largest absolute Gasteiger partial charge is 0.394 e. The highest BCUT2D eigenvalue weighted by molar-refractivity contribution is 4.96. The molecule has 3 rings (SSSR count). The average Bonchev–Trinajstić information content (AvgIpc) is 2.83. The van der Waals surface area contributed by atoms with E-state index in [4.69, 9.17) is 23.7 Å². The molecule has 200 valence electrons. The molecule has 3 aliphatic rings. The lowest BCUT2D eigenvalue weighted by atomic mass is 9.96. The highest BCUT2D eigenvalue weighted by Gasteiger charge is 2.53. The maximum absolute atomic E-state index is 10.6.